The van der Waals surface area contributed by atoms with Gasteiger partial charge in [0.15, 0.2) is 0 Å². The number of likely N-dealkylation sites (tertiary alicyclic amines) is 1. The van der Waals surface area contributed by atoms with E-state index < -0.39 is 5.60 Å². The van der Waals surface area contributed by atoms with Crippen molar-refractivity contribution in [3.8, 4) is 0 Å². The predicted octanol–water partition coefficient (Wildman–Crippen LogP) is 3.88. The molecular formula is C21H31NO4. The number of ether oxygens (including phenoxy) is 2. The third-order valence-corrected chi connectivity index (χ3v) is 5.37. The van der Waals surface area contributed by atoms with Crippen LogP contribution in [-0.2, 0) is 14.3 Å². The van der Waals surface area contributed by atoms with Crippen molar-refractivity contribution in [1.29, 1.82) is 0 Å². The summed E-state index contributed by atoms with van der Waals surface area (Å²) >= 11 is 0. The Kier molecular flexibility index (Phi) is 5.47. The molecule has 0 saturated carbocycles. The molecular weight excluding hydrogens is 330 g/mol. The highest BCUT2D eigenvalue weighted by molar-refractivity contribution is 5.69. The van der Waals surface area contributed by atoms with Crippen LogP contribution in [0.15, 0.2) is 35.3 Å². The number of hydrogen-bond donors (Lipinski definition) is 1. The number of esters is 1. The molecule has 1 aliphatic carbocycles. The maximum absolute atomic E-state index is 11.8. The van der Waals surface area contributed by atoms with E-state index in [-0.39, 0.29) is 11.4 Å². The Morgan fingerprint density at radius 1 is 1.31 bits per heavy atom. The van der Waals surface area contributed by atoms with Crippen molar-refractivity contribution in [2.75, 3.05) is 26.2 Å². The van der Waals surface area contributed by atoms with Gasteiger partial charge in [0, 0.05) is 23.8 Å². The van der Waals surface area contributed by atoms with Crippen LogP contribution < -0.4 is 0 Å². The third-order valence-electron chi connectivity index (χ3n) is 5.37. The van der Waals surface area contributed by atoms with E-state index in [0.29, 0.717) is 18.6 Å². The summed E-state index contributed by atoms with van der Waals surface area (Å²) in [6.45, 7) is 9.41. The number of carbonyl (C=O) groups is 1. The lowest BCUT2D eigenvalue weighted by Crippen LogP contribution is -2.41. The van der Waals surface area contributed by atoms with Gasteiger partial charge in [-0.1, -0.05) is 6.08 Å². The molecule has 3 rings (SSSR count). The van der Waals surface area contributed by atoms with Gasteiger partial charge in [0.2, 0.25) is 0 Å². The van der Waals surface area contributed by atoms with Crippen LogP contribution in [0.2, 0.25) is 0 Å². The van der Waals surface area contributed by atoms with Gasteiger partial charge in [0.1, 0.15) is 11.4 Å². The summed E-state index contributed by atoms with van der Waals surface area (Å²) in [6, 6.07) is 0. The Morgan fingerprint density at radius 3 is 2.73 bits per heavy atom. The molecule has 0 aromatic rings. The van der Waals surface area contributed by atoms with E-state index in [1.54, 1.807) is 6.08 Å². The zero-order chi connectivity index (χ0) is 18.8. The lowest BCUT2D eigenvalue weighted by molar-refractivity contribution is -0.155. The largest absolute Gasteiger partial charge is 0.512 e. The van der Waals surface area contributed by atoms with Crippen molar-refractivity contribution in [3.63, 3.8) is 0 Å². The predicted molar refractivity (Wildman–Crippen MR) is 101 cm³/mol. The van der Waals surface area contributed by atoms with Crippen molar-refractivity contribution in [3.05, 3.63) is 35.3 Å². The highest BCUT2D eigenvalue weighted by Crippen LogP contribution is 2.48. The molecule has 0 bridgehead atoms. The number of fused-ring (bicyclic) bond motifs is 2. The molecule has 0 aromatic heterocycles. The SMILES string of the molecule is CC(C)(C)OC(=O)CCCN1CCC2(CC1)COC1=CC=C(O)CC=C12. The first-order valence-corrected chi connectivity index (χ1v) is 9.65. The quantitative estimate of drug-likeness (QED) is 0.770. The van der Waals surface area contributed by atoms with E-state index in [2.05, 4.69) is 11.0 Å². The van der Waals surface area contributed by atoms with Crippen LogP contribution in [0.1, 0.15) is 52.9 Å². The molecule has 2 fully saturated rings. The number of allylic oxidation sites excluding steroid dienone is 4. The minimum Gasteiger partial charge on any atom is -0.512 e. The number of aliphatic hydroxyl groups is 1. The number of carbonyl (C=O) groups excluding carboxylic acids is 1. The normalized spacial score (nSPS) is 22.7. The molecule has 144 valence electrons. The highest BCUT2D eigenvalue weighted by atomic mass is 16.6. The van der Waals surface area contributed by atoms with Crippen molar-refractivity contribution in [2.45, 2.75) is 58.5 Å². The summed E-state index contributed by atoms with van der Waals surface area (Å²) in [5, 5.41) is 9.76. The van der Waals surface area contributed by atoms with Crippen molar-refractivity contribution >= 4 is 5.97 Å². The molecule has 5 heteroatoms. The topological polar surface area (TPSA) is 59.0 Å². The minimum absolute atomic E-state index is 0.0892. The Balaban J connectivity index is 1.47. The van der Waals surface area contributed by atoms with Gasteiger partial charge in [0.25, 0.3) is 0 Å². The summed E-state index contributed by atoms with van der Waals surface area (Å²) in [5.74, 6) is 1.20. The Labute approximate surface area is 156 Å². The monoisotopic (exact) mass is 361 g/mol. The first kappa shape index (κ1) is 19.0. The van der Waals surface area contributed by atoms with Gasteiger partial charge in [-0.25, -0.2) is 0 Å². The molecule has 26 heavy (non-hydrogen) atoms. The molecule has 2 aliphatic heterocycles. The molecule has 0 radical (unpaired) electrons. The maximum Gasteiger partial charge on any atom is 0.306 e. The van der Waals surface area contributed by atoms with Gasteiger partial charge >= 0.3 is 5.97 Å². The second-order valence-corrected chi connectivity index (χ2v) is 8.61. The Bertz CT molecular complexity index is 631. The average Bonchev–Trinajstić information content (AvgIpc) is 2.76. The number of rotatable bonds is 4. The Morgan fingerprint density at radius 2 is 2.04 bits per heavy atom. The minimum atomic E-state index is -0.405. The molecule has 0 atom stereocenters. The maximum atomic E-state index is 11.8. The summed E-state index contributed by atoms with van der Waals surface area (Å²) in [4.78, 5) is 14.3. The molecule has 2 heterocycles. The fourth-order valence-electron chi connectivity index (χ4n) is 3.99. The average molecular weight is 361 g/mol. The van der Waals surface area contributed by atoms with Crippen molar-refractivity contribution in [2.24, 2.45) is 5.41 Å². The number of piperidine rings is 1. The molecule has 2 saturated heterocycles. The Hall–Kier alpha value is -1.75. The summed E-state index contributed by atoms with van der Waals surface area (Å²) in [5.41, 5.74) is 0.954. The van der Waals surface area contributed by atoms with Crippen LogP contribution in [0.5, 0.6) is 0 Å². The van der Waals surface area contributed by atoms with Gasteiger partial charge in [-0.2, -0.15) is 0 Å². The highest BCUT2D eigenvalue weighted by Gasteiger charge is 2.45. The van der Waals surface area contributed by atoms with Gasteiger partial charge in [-0.15, -0.1) is 0 Å². The van der Waals surface area contributed by atoms with E-state index in [0.717, 1.165) is 51.3 Å². The summed E-state index contributed by atoms with van der Waals surface area (Å²) in [6.07, 6.45) is 9.79. The fraction of sp³-hybridized carbons (Fsp3) is 0.667. The van der Waals surface area contributed by atoms with Crippen molar-refractivity contribution < 1.29 is 19.4 Å². The van der Waals surface area contributed by atoms with Crippen molar-refractivity contribution in [1.82, 2.24) is 4.90 Å². The zero-order valence-corrected chi connectivity index (χ0v) is 16.2. The standard InChI is InChI=1S/C21H31NO4/c1-20(2,3)26-19(24)5-4-12-22-13-10-21(11-14-22)15-25-18-9-7-16(23)6-8-17(18)21/h7-9,23H,4-6,10-15H2,1-3H3. The lowest BCUT2D eigenvalue weighted by atomic mass is 9.73. The second kappa shape index (κ2) is 7.47. The number of nitrogens with zero attached hydrogens (tertiary/aromatic N) is 1. The fourth-order valence-corrected chi connectivity index (χ4v) is 3.99. The van der Waals surface area contributed by atoms with Gasteiger partial charge in [0.05, 0.1) is 12.4 Å². The molecule has 1 N–H and O–H groups in total. The van der Waals surface area contributed by atoms with E-state index in [1.165, 1.54) is 5.57 Å². The first-order valence-electron chi connectivity index (χ1n) is 9.65. The smallest absolute Gasteiger partial charge is 0.306 e. The van der Waals surface area contributed by atoms with Gasteiger partial charge in [-0.3, -0.25) is 4.79 Å². The van der Waals surface area contributed by atoms with Crippen LogP contribution in [0, 0.1) is 5.41 Å². The van der Waals surface area contributed by atoms with Crippen LogP contribution in [0.25, 0.3) is 0 Å². The van der Waals surface area contributed by atoms with Crippen LogP contribution in [0.4, 0.5) is 0 Å². The van der Waals surface area contributed by atoms with Gasteiger partial charge in [-0.05, 0) is 71.8 Å². The molecule has 0 amide bonds. The van der Waals surface area contributed by atoms with Gasteiger partial charge < -0.3 is 19.5 Å². The third kappa shape index (κ3) is 4.50. The molecule has 0 aromatic carbocycles. The van der Waals surface area contributed by atoms with Crippen LogP contribution >= 0.6 is 0 Å². The summed E-state index contributed by atoms with van der Waals surface area (Å²) < 4.78 is 11.3. The number of hydrogen-bond acceptors (Lipinski definition) is 5. The van der Waals surface area contributed by atoms with E-state index in [9.17, 15) is 9.90 Å². The van der Waals surface area contributed by atoms with Crippen LogP contribution in [-0.4, -0.2) is 47.8 Å². The molecule has 5 nitrogen and oxygen atoms in total. The first-order chi connectivity index (χ1) is 12.3. The molecule has 0 unspecified atom stereocenters. The summed E-state index contributed by atoms with van der Waals surface area (Å²) in [7, 11) is 0. The number of aliphatic hydroxyl groups excluding tert-OH is 1. The second-order valence-electron chi connectivity index (χ2n) is 8.61. The van der Waals surface area contributed by atoms with E-state index in [4.69, 9.17) is 9.47 Å². The van der Waals surface area contributed by atoms with E-state index in [1.807, 2.05) is 26.8 Å². The van der Waals surface area contributed by atoms with Crippen LogP contribution in [0.3, 0.4) is 0 Å². The zero-order valence-electron chi connectivity index (χ0n) is 16.2. The lowest BCUT2D eigenvalue weighted by Gasteiger charge is -2.38. The molecule has 1 spiro atoms. The molecule has 3 aliphatic rings. The van der Waals surface area contributed by atoms with E-state index >= 15 is 0 Å².